The molecule has 0 fully saturated rings. The summed E-state index contributed by atoms with van der Waals surface area (Å²) in [7, 11) is 6.13. The number of rotatable bonds is 10. The molecule has 0 saturated heterocycles. The Labute approximate surface area is 236 Å². The highest BCUT2D eigenvalue weighted by Crippen LogP contribution is 2.38. The van der Waals surface area contributed by atoms with Crippen LogP contribution in [-0.2, 0) is 6.54 Å². The molecule has 0 atom stereocenters. The number of hydrogen-bond acceptors (Lipinski definition) is 4. The number of aromatic nitrogens is 2. The lowest BCUT2D eigenvalue weighted by Crippen LogP contribution is -2.21. The summed E-state index contributed by atoms with van der Waals surface area (Å²) < 4.78 is 2.78. The Bertz CT molecular complexity index is 1350. The second-order valence-corrected chi connectivity index (χ2v) is 10.1. The van der Waals surface area contributed by atoms with Crippen LogP contribution in [0.3, 0.4) is 0 Å². The molecule has 0 bridgehead atoms. The van der Waals surface area contributed by atoms with Gasteiger partial charge in [-0.1, -0.05) is 35.8 Å². The average Bonchev–Trinajstić information content (AvgIpc) is 3.33. The Morgan fingerprint density at radius 1 is 0.763 bits per heavy atom. The number of phenols is 1. The van der Waals surface area contributed by atoms with E-state index in [0.717, 1.165) is 66.6 Å². The first-order chi connectivity index (χ1) is 18.4. The van der Waals surface area contributed by atoms with Gasteiger partial charge in [0.1, 0.15) is 19.4 Å². The fraction of sp³-hybridized carbons (Fsp3) is 0.323. The van der Waals surface area contributed by atoms with Crippen molar-refractivity contribution in [3.05, 3.63) is 65.1 Å². The van der Waals surface area contributed by atoms with Crippen molar-refractivity contribution in [1.29, 1.82) is 0 Å². The van der Waals surface area contributed by atoms with Crippen LogP contribution < -0.4 is 15.3 Å². The number of benzene rings is 3. The third-order valence-electron chi connectivity index (χ3n) is 7.17. The van der Waals surface area contributed by atoms with Crippen molar-refractivity contribution in [2.24, 2.45) is 0 Å². The first kappa shape index (κ1) is 27.8. The normalized spacial score (nSPS) is 11.1. The minimum Gasteiger partial charge on any atom is -0.507 e. The highest BCUT2D eigenvalue weighted by molar-refractivity contribution is 9.10. The first-order valence-electron chi connectivity index (χ1n) is 13.5. The van der Waals surface area contributed by atoms with Gasteiger partial charge in [0.25, 0.3) is 0 Å². The van der Waals surface area contributed by atoms with E-state index < -0.39 is 0 Å². The summed E-state index contributed by atoms with van der Waals surface area (Å²) in [5.74, 6) is 0.855. The van der Waals surface area contributed by atoms with Crippen molar-refractivity contribution in [2.75, 3.05) is 36.0 Å². The van der Waals surface area contributed by atoms with Crippen molar-refractivity contribution in [3.8, 4) is 39.7 Å². The molecule has 1 heterocycles. The van der Waals surface area contributed by atoms with E-state index in [1.54, 1.807) is 6.07 Å². The van der Waals surface area contributed by atoms with E-state index in [1.807, 2.05) is 6.07 Å². The first-order valence-corrected chi connectivity index (χ1v) is 14.3. The van der Waals surface area contributed by atoms with Gasteiger partial charge in [0, 0.05) is 60.8 Å². The molecule has 38 heavy (non-hydrogen) atoms. The molecule has 4 rings (SSSR count). The van der Waals surface area contributed by atoms with Gasteiger partial charge in [-0.05, 0) is 80.9 Å². The SMILES string of the molecule is [B]c1cc(-c2nc(-c3ccc(N(CC)CC)cc3)c(-c3ccc(N(CC)CC)cc3)n2CC)cc(Br)c1O. The van der Waals surface area contributed by atoms with E-state index in [2.05, 4.69) is 113 Å². The van der Waals surface area contributed by atoms with E-state index in [1.165, 1.54) is 11.4 Å². The van der Waals surface area contributed by atoms with Crippen molar-refractivity contribution in [3.63, 3.8) is 0 Å². The molecular weight excluding hydrogens is 535 g/mol. The summed E-state index contributed by atoms with van der Waals surface area (Å²) in [4.78, 5) is 9.88. The molecule has 5 nitrogen and oxygen atoms in total. The van der Waals surface area contributed by atoms with Gasteiger partial charge in [-0.15, -0.1) is 0 Å². The summed E-state index contributed by atoms with van der Waals surface area (Å²) in [5, 5.41) is 10.2. The van der Waals surface area contributed by atoms with E-state index in [4.69, 9.17) is 12.8 Å². The van der Waals surface area contributed by atoms with Gasteiger partial charge >= 0.3 is 0 Å². The molecule has 3 aromatic carbocycles. The molecular formula is C31H36BBrN4O. The molecule has 0 aliphatic rings. The molecule has 0 unspecified atom stereocenters. The molecule has 0 amide bonds. The van der Waals surface area contributed by atoms with Crippen molar-refractivity contribution in [1.82, 2.24) is 9.55 Å². The third kappa shape index (κ3) is 5.35. The van der Waals surface area contributed by atoms with Crippen molar-refractivity contribution < 1.29 is 5.11 Å². The largest absolute Gasteiger partial charge is 0.507 e. The van der Waals surface area contributed by atoms with E-state index in [0.29, 0.717) is 9.94 Å². The van der Waals surface area contributed by atoms with Crippen LogP contribution in [0.25, 0.3) is 33.9 Å². The van der Waals surface area contributed by atoms with Gasteiger partial charge in [-0.2, -0.15) is 0 Å². The Morgan fingerprint density at radius 2 is 1.26 bits per heavy atom. The lowest BCUT2D eigenvalue weighted by molar-refractivity contribution is 0.476. The fourth-order valence-corrected chi connectivity index (χ4v) is 5.54. The smallest absolute Gasteiger partial charge is 0.141 e. The van der Waals surface area contributed by atoms with Crippen LogP contribution in [0.2, 0.25) is 0 Å². The number of phenolic OH excluding ortho intramolecular Hbond substituents is 1. The number of nitrogens with zero attached hydrogens (tertiary/aromatic N) is 4. The maximum atomic E-state index is 10.2. The minimum atomic E-state index is 0.0442. The number of anilines is 2. The zero-order chi connectivity index (χ0) is 27.4. The Hall–Kier alpha value is -3.19. The fourth-order valence-electron chi connectivity index (χ4n) is 5.06. The average molecular weight is 571 g/mol. The predicted octanol–water partition coefficient (Wildman–Crippen LogP) is 6.86. The van der Waals surface area contributed by atoms with E-state index in [-0.39, 0.29) is 5.75 Å². The summed E-state index contributed by atoms with van der Waals surface area (Å²) >= 11 is 3.45. The zero-order valence-electron chi connectivity index (χ0n) is 23.0. The molecule has 0 aliphatic carbocycles. The molecule has 7 heteroatoms. The van der Waals surface area contributed by atoms with Gasteiger partial charge in [-0.3, -0.25) is 0 Å². The molecule has 1 aromatic heterocycles. The molecule has 0 aliphatic heterocycles. The number of halogens is 1. The van der Waals surface area contributed by atoms with Gasteiger partial charge < -0.3 is 19.5 Å². The summed E-state index contributed by atoms with van der Waals surface area (Å²) in [5.41, 5.74) is 7.73. The van der Waals surface area contributed by atoms with Gasteiger partial charge in [0.2, 0.25) is 0 Å². The van der Waals surface area contributed by atoms with Crippen molar-refractivity contribution >= 4 is 40.6 Å². The summed E-state index contributed by atoms with van der Waals surface area (Å²) in [6, 6.07) is 21.1. The summed E-state index contributed by atoms with van der Waals surface area (Å²) in [6.07, 6.45) is 0. The topological polar surface area (TPSA) is 44.5 Å². The van der Waals surface area contributed by atoms with Crippen LogP contribution in [0.15, 0.2) is 65.1 Å². The highest BCUT2D eigenvalue weighted by Gasteiger charge is 2.22. The number of aromatic hydroxyl groups is 1. The van der Waals surface area contributed by atoms with Crippen LogP contribution >= 0.6 is 15.9 Å². The van der Waals surface area contributed by atoms with Gasteiger partial charge in [0.15, 0.2) is 0 Å². The number of imidazole rings is 1. The van der Waals surface area contributed by atoms with Crippen LogP contribution in [0.1, 0.15) is 34.6 Å². The second kappa shape index (κ2) is 12.1. The zero-order valence-corrected chi connectivity index (χ0v) is 24.6. The minimum absolute atomic E-state index is 0.0442. The molecule has 2 radical (unpaired) electrons. The Kier molecular flexibility index (Phi) is 8.88. The van der Waals surface area contributed by atoms with E-state index in [9.17, 15) is 5.11 Å². The lowest BCUT2D eigenvalue weighted by Gasteiger charge is -2.21. The Morgan fingerprint density at radius 3 is 1.71 bits per heavy atom. The monoisotopic (exact) mass is 570 g/mol. The predicted molar refractivity (Wildman–Crippen MR) is 166 cm³/mol. The molecule has 1 N–H and O–H groups in total. The molecule has 4 aromatic rings. The maximum absolute atomic E-state index is 10.2. The van der Waals surface area contributed by atoms with Crippen molar-refractivity contribution in [2.45, 2.75) is 41.2 Å². The van der Waals surface area contributed by atoms with Gasteiger partial charge in [-0.25, -0.2) is 4.98 Å². The molecule has 0 spiro atoms. The number of hydrogen-bond donors (Lipinski definition) is 1. The standard InChI is InChI=1S/C31H36BBrN4O/c1-6-35(7-2)24-15-11-21(12-16-24)28-29(22-13-17-25(18-14-22)36(8-3)9-4)37(10-5)31(34-28)23-19-26(32)30(38)27(33)20-23/h11-20,38H,6-10H2,1-5H3. The Balaban J connectivity index is 1.92. The maximum Gasteiger partial charge on any atom is 0.141 e. The van der Waals surface area contributed by atoms with Crippen LogP contribution in [0.5, 0.6) is 5.75 Å². The van der Waals surface area contributed by atoms with Crippen LogP contribution in [0, 0.1) is 0 Å². The van der Waals surface area contributed by atoms with Crippen LogP contribution in [-0.4, -0.2) is 48.7 Å². The molecule has 196 valence electrons. The van der Waals surface area contributed by atoms with Crippen LogP contribution in [0.4, 0.5) is 11.4 Å². The third-order valence-corrected chi connectivity index (χ3v) is 7.78. The van der Waals surface area contributed by atoms with Gasteiger partial charge in [0.05, 0.1) is 15.9 Å². The quantitative estimate of drug-likeness (QED) is 0.212. The summed E-state index contributed by atoms with van der Waals surface area (Å²) in [6.45, 7) is 15.4. The van der Waals surface area contributed by atoms with E-state index >= 15 is 0 Å². The second-order valence-electron chi connectivity index (χ2n) is 9.21. The molecule has 0 saturated carbocycles. The lowest BCUT2D eigenvalue weighted by atomic mass is 9.93. The highest BCUT2D eigenvalue weighted by atomic mass is 79.9.